The van der Waals surface area contributed by atoms with Crippen molar-refractivity contribution in [3.63, 3.8) is 0 Å². The Morgan fingerprint density at radius 3 is 2.43 bits per heavy atom. The van der Waals surface area contributed by atoms with Gasteiger partial charge >= 0.3 is 5.97 Å². The molecule has 220 valence electrons. The molecule has 0 saturated carbocycles. The van der Waals surface area contributed by atoms with Crippen LogP contribution in [0.3, 0.4) is 0 Å². The van der Waals surface area contributed by atoms with E-state index < -0.39 is 23.8 Å². The van der Waals surface area contributed by atoms with Crippen LogP contribution in [0.1, 0.15) is 56.6 Å². The van der Waals surface area contributed by atoms with Gasteiger partial charge in [0, 0.05) is 25.3 Å². The smallest absolute Gasteiger partial charge is 0.326 e. The number of halogens is 1. The van der Waals surface area contributed by atoms with Crippen LogP contribution in [0.4, 0.5) is 0 Å². The number of primary amides is 1. The topological polar surface area (TPSA) is 173 Å². The molecule has 4 N–H and O–H groups in total. The number of hydrogen-bond donors (Lipinski definition) is 3. The van der Waals surface area contributed by atoms with E-state index in [2.05, 4.69) is 27.5 Å². The molecule has 0 bridgehead atoms. The molecule has 0 aliphatic carbocycles. The van der Waals surface area contributed by atoms with Crippen LogP contribution in [0, 0.1) is 0 Å². The molecule has 0 spiro atoms. The summed E-state index contributed by atoms with van der Waals surface area (Å²) in [5.74, 6) is -1.01. The summed E-state index contributed by atoms with van der Waals surface area (Å²) in [6.45, 7) is 3.68. The number of aryl methyl sites for hydroxylation is 1. The first kappa shape index (κ1) is 30.4. The number of benzene rings is 2. The monoisotopic (exact) mass is 592 g/mol. The first-order chi connectivity index (χ1) is 20.2. The number of nitrogens with one attached hydrogen (secondary N) is 1. The molecule has 0 fully saturated rings. The third kappa shape index (κ3) is 7.19. The SMILES string of the molecule is CCCCc1nc(CN(C(C)=O)[C@@H](CCC(N)=O)C(=O)O)c(Cl)n1Cc1ccc(-c2ccccc2-c2nnn[nH]2)cc1. The Morgan fingerprint density at radius 2 is 1.83 bits per heavy atom. The van der Waals surface area contributed by atoms with Gasteiger partial charge in [0.05, 0.1) is 18.8 Å². The molecule has 2 aromatic carbocycles. The summed E-state index contributed by atoms with van der Waals surface area (Å²) in [6, 6.07) is 14.7. The Morgan fingerprint density at radius 1 is 1.12 bits per heavy atom. The highest BCUT2D eigenvalue weighted by molar-refractivity contribution is 6.30. The molecule has 0 saturated heterocycles. The fourth-order valence-electron chi connectivity index (χ4n) is 4.80. The summed E-state index contributed by atoms with van der Waals surface area (Å²) in [5, 5.41) is 24.3. The molecule has 0 radical (unpaired) electrons. The number of imidazole rings is 1. The number of hydrogen-bond acceptors (Lipinski definition) is 7. The van der Waals surface area contributed by atoms with Gasteiger partial charge in [-0.25, -0.2) is 14.9 Å². The molecule has 0 unspecified atom stereocenters. The zero-order chi connectivity index (χ0) is 30.2. The van der Waals surface area contributed by atoms with E-state index in [-0.39, 0.29) is 19.4 Å². The molecular formula is C29H33ClN8O4. The van der Waals surface area contributed by atoms with Crippen LogP contribution in [0.25, 0.3) is 22.5 Å². The number of aromatic amines is 1. The summed E-state index contributed by atoms with van der Waals surface area (Å²) >= 11 is 6.84. The number of aliphatic carboxylic acids is 1. The van der Waals surface area contributed by atoms with Crippen molar-refractivity contribution < 1.29 is 19.5 Å². The molecule has 0 aliphatic rings. The maximum atomic E-state index is 12.5. The highest BCUT2D eigenvalue weighted by Gasteiger charge is 2.30. The highest BCUT2D eigenvalue weighted by Crippen LogP contribution is 2.30. The molecule has 13 heteroatoms. The molecule has 4 rings (SSSR count). The maximum Gasteiger partial charge on any atom is 0.326 e. The van der Waals surface area contributed by atoms with Crippen LogP contribution in [-0.2, 0) is 33.9 Å². The second kappa shape index (κ2) is 13.9. The summed E-state index contributed by atoms with van der Waals surface area (Å²) < 4.78 is 1.90. The second-order valence-corrected chi connectivity index (χ2v) is 10.3. The summed E-state index contributed by atoms with van der Waals surface area (Å²) in [6.07, 6.45) is 2.22. The largest absolute Gasteiger partial charge is 0.480 e. The zero-order valence-electron chi connectivity index (χ0n) is 23.5. The number of carbonyl (C=O) groups excluding carboxylic acids is 2. The van der Waals surface area contributed by atoms with Crippen molar-refractivity contribution in [3.8, 4) is 22.5 Å². The van der Waals surface area contributed by atoms with E-state index in [1.54, 1.807) is 0 Å². The number of carboxylic acid groups (broad SMARTS) is 1. The number of carbonyl (C=O) groups is 3. The lowest BCUT2D eigenvalue weighted by Crippen LogP contribution is -2.44. The van der Waals surface area contributed by atoms with Gasteiger partial charge in [-0.3, -0.25) is 9.59 Å². The van der Waals surface area contributed by atoms with Gasteiger partial charge < -0.3 is 20.3 Å². The number of unbranched alkanes of at least 4 members (excludes halogenated alkanes) is 1. The molecule has 12 nitrogen and oxygen atoms in total. The number of rotatable bonds is 14. The van der Waals surface area contributed by atoms with E-state index >= 15 is 0 Å². The Balaban J connectivity index is 1.61. The van der Waals surface area contributed by atoms with Gasteiger partial charge in [-0.05, 0) is 40.0 Å². The minimum atomic E-state index is -1.24. The first-order valence-corrected chi connectivity index (χ1v) is 14.0. The van der Waals surface area contributed by atoms with Crippen molar-refractivity contribution in [1.82, 2.24) is 35.1 Å². The number of nitrogens with zero attached hydrogens (tertiary/aromatic N) is 6. The average molecular weight is 593 g/mol. The van der Waals surface area contributed by atoms with Crippen molar-refractivity contribution in [3.05, 3.63) is 70.8 Å². The average Bonchev–Trinajstić information content (AvgIpc) is 3.60. The van der Waals surface area contributed by atoms with Crippen molar-refractivity contribution in [2.24, 2.45) is 5.73 Å². The summed E-state index contributed by atoms with van der Waals surface area (Å²) in [7, 11) is 0. The lowest BCUT2D eigenvalue weighted by Gasteiger charge is -2.27. The maximum absolute atomic E-state index is 12.5. The molecule has 4 aromatic rings. The van der Waals surface area contributed by atoms with E-state index in [0.29, 0.717) is 29.6 Å². The minimum Gasteiger partial charge on any atom is -0.480 e. The van der Waals surface area contributed by atoms with Gasteiger partial charge in [0.15, 0.2) is 5.82 Å². The first-order valence-electron chi connectivity index (χ1n) is 13.6. The Labute approximate surface area is 247 Å². The number of amides is 2. The van der Waals surface area contributed by atoms with Crippen LogP contribution < -0.4 is 5.73 Å². The van der Waals surface area contributed by atoms with Gasteiger partial charge in [-0.2, -0.15) is 0 Å². The van der Waals surface area contributed by atoms with Crippen molar-refractivity contribution in [1.29, 1.82) is 0 Å². The van der Waals surface area contributed by atoms with Gasteiger partial charge in [-0.1, -0.05) is 73.5 Å². The van der Waals surface area contributed by atoms with Crippen molar-refractivity contribution >= 4 is 29.4 Å². The van der Waals surface area contributed by atoms with Gasteiger partial charge in [0.25, 0.3) is 0 Å². The van der Waals surface area contributed by atoms with Crippen molar-refractivity contribution in [2.75, 3.05) is 0 Å². The van der Waals surface area contributed by atoms with E-state index in [4.69, 9.17) is 22.3 Å². The lowest BCUT2D eigenvalue weighted by molar-refractivity contribution is -0.150. The van der Waals surface area contributed by atoms with Crippen LogP contribution in [-0.4, -0.2) is 64.0 Å². The molecule has 2 heterocycles. The molecule has 0 aliphatic heterocycles. The number of H-pyrrole nitrogens is 1. The molecule has 1 atom stereocenters. The molecular weight excluding hydrogens is 560 g/mol. The fourth-order valence-corrected chi connectivity index (χ4v) is 5.06. The predicted octanol–water partition coefficient (Wildman–Crippen LogP) is 3.84. The number of nitrogens with two attached hydrogens (primary N) is 1. The van der Waals surface area contributed by atoms with E-state index in [1.165, 1.54) is 11.8 Å². The number of carboxylic acids is 1. The Kier molecular flexibility index (Phi) is 10.0. The zero-order valence-corrected chi connectivity index (χ0v) is 24.2. The normalized spacial score (nSPS) is 11.8. The van der Waals surface area contributed by atoms with Crippen LogP contribution in [0.2, 0.25) is 5.15 Å². The standard InChI is InChI=1S/C29H33ClN8O4/c1-3-4-9-26-32-23(17-37(18(2)39)24(29(41)42)14-15-25(31)40)27(30)38(26)16-19-10-12-20(13-11-19)21-7-5-6-8-22(21)28-33-35-36-34-28/h5-8,10-13,24H,3-4,9,14-17H2,1-2H3,(H2,31,40)(H,41,42)(H,33,34,35,36)/t24-/m0/s1. The Bertz CT molecular complexity index is 1540. The van der Waals surface area contributed by atoms with Crippen molar-refractivity contribution in [2.45, 2.75) is 65.1 Å². The highest BCUT2D eigenvalue weighted by atomic mass is 35.5. The lowest BCUT2D eigenvalue weighted by atomic mass is 9.98. The third-order valence-corrected chi connectivity index (χ3v) is 7.41. The van der Waals surface area contributed by atoms with Gasteiger partial charge in [-0.15, -0.1) is 5.10 Å². The van der Waals surface area contributed by atoms with Crippen LogP contribution in [0.5, 0.6) is 0 Å². The minimum absolute atomic E-state index is 0.103. The van der Waals surface area contributed by atoms with Gasteiger partial charge in [0.2, 0.25) is 11.8 Å². The van der Waals surface area contributed by atoms with Crippen LogP contribution in [0.15, 0.2) is 48.5 Å². The molecule has 2 aromatic heterocycles. The summed E-state index contributed by atoms with van der Waals surface area (Å²) in [5.41, 5.74) is 9.45. The van der Waals surface area contributed by atoms with E-state index in [0.717, 1.165) is 40.9 Å². The van der Waals surface area contributed by atoms with E-state index in [1.807, 2.05) is 53.1 Å². The molecule has 42 heavy (non-hydrogen) atoms. The van der Waals surface area contributed by atoms with E-state index in [9.17, 15) is 19.5 Å². The summed E-state index contributed by atoms with van der Waals surface area (Å²) in [4.78, 5) is 41.7. The fraction of sp³-hybridized carbons (Fsp3) is 0.345. The second-order valence-electron chi connectivity index (χ2n) is 9.95. The molecule has 2 amide bonds. The Hall–Kier alpha value is -4.58. The third-order valence-electron chi connectivity index (χ3n) is 6.99. The quantitative estimate of drug-likeness (QED) is 0.198. The predicted molar refractivity (Wildman–Crippen MR) is 156 cm³/mol. The van der Waals surface area contributed by atoms with Gasteiger partial charge in [0.1, 0.15) is 17.0 Å². The van der Waals surface area contributed by atoms with Crippen LogP contribution >= 0.6 is 11.6 Å². The number of aromatic nitrogens is 6. The number of tetrazole rings is 1.